The number of alkyl halides is 1. The molecule has 0 saturated carbocycles. The summed E-state index contributed by atoms with van der Waals surface area (Å²) in [6.07, 6.45) is 1.24. The monoisotopic (exact) mass is 280 g/mol. The number of halogens is 1. The van der Waals surface area contributed by atoms with Crippen LogP contribution in [0.3, 0.4) is 0 Å². The molecule has 0 N–H and O–H groups in total. The van der Waals surface area contributed by atoms with E-state index in [1.54, 1.807) is 0 Å². The summed E-state index contributed by atoms with van der Waals surface area (Å²) in [6.45, 7) is 11.3. The van der Waals surface area contributed by atoms with Crippen molar-refractivity contribution in [3.05, 3.63) is 29.3 Å². The van der Waals surface area contributed by atoms with Crippen LogP contribution in [0.5, 0.6) is 0 Å². The third-order valence-corrected chi connectivity index (χ3v) is 4.65. The summed E-state index contributed by atoms with van der Waals surface area (Å²) in [7, 11) is 0. The third kappa shape index (κ3) is 3.43. The zero-order valence-electron chi connectivity index (χ0n) is 12.3. The van der Waals surface area contributed by atoms with Gasteiger partial charge in [-0.25, -0.2) is 0 Å². The van der Waals surface area contributed by atoms with Gasteiger partial charge in [-0.2, -0.15) is 0 Å². The first-order valence-corrected chi connectivity index (χ1v) is 7.83. The van der Waals surface area contributed by atoms with Crippen LogP contribution in [0, 0.1) is 6.92 Å². The standard InChI is InChI=1S/C16H25ClN2/c1-4-14(3)18-7-9-19(10-8-18)16-6-5-15(12-17)13(2)11-16/h5-6,11,14H,4,7-10,12H2,1-3H3. The molecule has 1 aromatic rings. The maximum atomic E-state index is 5.92. The number of hydrogen-bond acceptors (Lipinski definition) is 2. The molecule has 1 aliphatic heterocycles. The molecule has 106 valence electrons. The van der Waals surface area contributed by atoms with Gasteiger partial charge in [0.25, 0.3) is 0 Å². The smallest absolute Gasteiger partial charge is 0.0476 e. The van der Waals surface area contributed by atoms with Crippen molar-refractivity contribution in [1.82, 2.24) is 4.90 Å². The van der Waals surface area contributed by atoms with Crippen LogP contribution in [0.15, 0.2) is 18.2 Å². The Morgan fingerprint density at radius 1 is 1.21 bits per heavy atom. The van der Waals surface area contributed by atoms with Gasteiger partial charge in [-0.1, -0.05) is 13.0 Å². The first-order chi connectivity index (χ1) is 9.15. The van der Waals surface area contributed by atoms with E-state index in [0.717, 1.165) is 13.1 Å². The zero-order valence-corrected chi connectivity index (χ0v) is 13.1. The summed E-state index contributed by atoms with van der Waals surface area (Å²) >= 11 is 5.92. The van der Waals surface area contributed by atoms with Crippen molar-refractivity contribution in [3.8, 4) is 0 Å². The molecule has 1 aromatic carbocycles. The highest BCUT2D eigenvalue weighted by molar-refractivity contribution is 6.17. The summed E-state index contributed by atoms with van der Waals surface area (Å²) in [5.41, 5.74) is 3.88. The second-order valence-corrected chi connectivity index (χ2v) is 5.79. The lowest BCUT2D eigenvalue weighted by Crippen LogP contribution is -2.49. The molecule has 2 nitrogen and oxygen atoms in total. The average Bonchev–Trinajstić information content (AvgIpc) is 2.46. The van der Waals surface area contributed by atoms with E-state index in [1.807, 2.05) is 0 Å². The molecule has 0 aromatic heterocycles. The van der Waals surface area contributed by atoms with E-state index < -0.39 is 0 Å². The minimum Gasteiger partial charge on any atom is -0.369 e. The van der Waals surface area contributed by atoms with E-state index in [0.29, 0.717) is 11.9 Å². The number of rotatable bonds is 4. The maximum Gasteiger partial charge on any atom is 0.0476 e. The van der Waals surface area contributed by atoms with E-state index >= 15 is 0 Å². The first-order valence-electron chi connectivity index (χ1n) is 7.30. The normalized spacial score (nSPS) is 18.6. The van der Waals surface area contributed by atoms with Crippen molar-refractivity contribution >= 4 is 17.3 Å². The molecular formula is C16H25ClN2. The van der Waals surface area contributed by atoms with E-state index in [4.69, 9.17) is 11.6 Å². The van der Waals surface area contributed by atoms with Gasteiger partial charge in [0.15, 0.2) is 0 Å². The molecular weight excluding hydrogens is 256 g/mol. The molecule has 1 aliphatic rings. The predicted molar refractivity (Wildman–Crippen MR) is 84.3 cm³/mol. The molecule has 0 amide bonds. The molecule has 0 bridgehead atoms. The van der Waals surface area contributed by atoms with Gasteiger partial charge in [-0.15, -0.1) is 11.6 Å². The fourth-order valence-corrected chi connectivity index (χ4v) is 3.01. The Bertz CT molecular complexity index is 411. The number of anilines is 1. The Balaban J connectivity index is 1.99. The third-order valence-electron chi connectivity index (χ3n) is 4.36. The molecule has 0 spiro atoms. The minimum atomic E-state index is 0.605. The number of aryl methyl sites for hydroxylation is 1. The number of hydrogen-bond donors (Lipinski definition) is 0. The first kappa shape index (κ1) is 14.7. The largest absolute Gasteiger partial charge is 0.369 e. The Morgan fingerprint density at radius 2 is 1.89 bits per heavy atom. The number of benzene rings is 1. The van der Waals surface area contributed by atoms with Crippen molar-refractivity contribution in [3.63, 3.8) is 0 Å². The number of nitrogens with zero attached hydrogens (tertiary/aromatic N) is 2. The van der Waals surface area contributed by atoms with Gasteiger partial charge in [0, 0.05) is 43.8 Å². The van der Waals surface area contributed by atoms with Crippen LogP contribution >= 0.6 is 11.6 Å². The molecule has 3 heteroatoms. The lowest BCUT2D eigenvalue weighted by molar-refractivity contribution is 0.193. The highest BCUT2D eigenvalue weighted by Crippen LogP contribution is 2.22. The van der Waals surface area contributed by atoms with Crippen LogP contribution in [-0.2, 0) is 5.88 Å². The molecule has 0 aliphatic carbocycles. The van der Waals surface area contributed by atoms with Crippen molar-refractivity contribution in [2.24, 2.45) is 0 Å². The van der Waals surface area contributed by atoms with E-state index in [-0.39, 0.29) is 0 Å². The molecule has 1 saturated heterocycles. The zero-order chi connectivity index (χ0) is 13.8. The quantitative estimate of drug-likeness (QED) is 0.777. The minimum absolute atomic E-state index is 0.605. The second-order valence-electron chi connectivity index (χ2n) is 5.52. The molecule has 1 unspecified atom stereocenters. The van der Waals surface area contributed by atoms with Crippen LogP contribution in [0.4, 0.5) is 5.69 Å². The fourth-order valence-electron chi connectivity index (χ4n) is 2.71. The van der Waals surface area contributed by atoms with Crippen LogP contribution in [0.25, 0.3) is 0 Å². The summed E-state index contributed by atoms with van der Waals surface area (Å²) in [6, 6.07) is 7.36. The Labute approximate surface area is 122 Å². The van der Waals surface area contributed by atoms with E-state index in [2.05, 4.69) is 48.8 Å². The van der Waals surface area contributed by atoms with E-state index in [9.17, 15) is 0 Å². The highest BCUT2D eigenvalue weighted by Gasteiger charge is 2.20. The van der Waals surface area contributed by atoms with Gasteiger partial charge >= 0.3 is 0 Å². The number of piperazine rings is 1. The molecule has 0 radical (unpaired) electrons. The van der Waals surface area contributed by atoms with Gasteiger partial charge in [-0.3, -0.25) is 4.90 Å². The Morgan fingerprint density at radius 3 is 2.42 bits per heavy atom. The Kier molecular flexibility index (Phi) is 5.12. The summed E-state index contributed by atoms with van der Waals surface area (Å²) < 4.78 is 0. The molecule has 19 heavy (non-hydrogen) atoms. The van der Waals surface area contributed by atoms with Gasteiger partial charge in [0.1, 0.15) is 0 Å². The topological polar surface area (TPSA) is 6.48 Å². The Hall–Kier alpha value is -0.730. The van der Waals surface area contributed by atoms with Gasteiger partial charge < -0.3 is 4.90 Å². The average molecular weight is 281 g/mol. The fraction of sp³-hybridized carbons (Fsp3) is 0.625. The van der Waals surface area contributed by atoms with Gasteiger partial charge in [-0.05, 0) is 43.5 Å². The van der Waals surface area contributed by atoms with Crippen LogP contribution < -0.4 is 4.90 Å². The highest BCUT2D eigenvalue weighted by atomic mass is 35.5. The van der Waals surface area contributed by atoms with Gasteiger partial charge in [0.05, 0.1) is 0 Å². The second kappa shape index (κ2) is 6.62. The van der Waals surface area contributed by atoms with Crippen molar-refractivity contribution in [1.29, 1.82) is 0 Å². The summed E-state index contributed by atoms with van der Waals surface area (Å²) in [5, 5.41) is 0. The van der Waals surface area contributed by atoms with Crippen molar-refractivity contribution in [2.45, 2.75) is 39.1 Å². The van der Waals surface area contributed by atoms with E-state index in [1.165, 1.54) is 36.3 Å². The predicted octanol–water partition coefficient (Wildman–Crippen LogP) is 3.65. The summed E-state index contributed by atoms with van der Waals surface area (Å²) in [5.74, 6) is 0.605. The molecule has 2 rings (SSSR count). The summed E-state index contributed by atoms with van der Waals surface area (Å²) in [4.78, 5) is 5.08. The van der Waals surface area contributed by atoms with Crippen LogP contribution in [-0.4, -0.2) is 37.1 Å². The van der Waals surface area contributed by atoms with Crippen molar-refractivity contribution in [2.75, 3.05) is 31.1 Å². The molecule has 1 heterocycles. The van der Waals surface area contributed by atoms with Crippen molar-refractivity contribution < 1.29 is 0 Å². The maximum absolute atomic E-state index is 5.92. The molecule has 1 atom stereocenters. The lowest BCUT2D eigenvalue weighted by atomic mass is 10.1. The molecule has 1 fully saturated rings. The van der Waals surface area contributed by atoms with Gasteiger partial charge in [0.2, 0.25) is 0 Å². The lowest BCUT2D eigenvalue weighted by Gasteiger charge is -2.39. The van der Waals surface area contributed by atoms with Crippen LogP contribution in [0.2, 0.25) is 0 Å². The SMILES string of the molecule is CCC(C)N1CCN(c2ccc(CCl)c(C)c2)CC1. The van der Waals surface area contributed by atoms with Crippen LogP contribution in [0.1, 0.15) is 31.4 Å².